The van der Waals surface area contributed by atoms with Crippen molar-refractivity contribution in [1.82, 2.24) is 4.72 Å². The van der Waals surface area contributed by atoms with Gasteiger partial charge in [-0.25, -0.2) is 13.1 Å². The van der Waals surface area contributed by atoms with Crippen LogP contribution in [0.25, 0.3) is 0 Å². The second-order valence-corrected chi connectivity index (χ2v) is 5.33. The Kier molecular flexibility index (Phi) is 4.51. The van der Waals surface area contributed by atoms with Crippen molar-refractivity contribution in [3.05, 3.63) is 0 Å². The molecule has 0 aliphatic heterocycles. The molecule has 0 aliphatic carbocycles. The van der Waals surface area contributed by atoms with Crippen LogP contribution in [0.1, 0.15) is 27.2 Å². The van der Waals surface area contributed by atoms with E-state index in [1.807, 2.05) is 6.92 Å². The largest absolute Gasteiger partial charge is 0.212 e. The van der Waals surface area contributed by atoms with Gasteiger partial charge in [0.1, 0.15) is 0 Å². The van der Waals surface area contributed by atoms with Crippen LogP contribution < -0.4 is 4.72 Å². The molecule has 0 bridgehead atoms. The maximum absolute atomic E-state index is 11.2. The zero-order valence-corrected chi connectivity index (χ0v) is 9.30. The minimum absolute atomic E-state index is 0.0967. The number of rotatable bonds is 5. The standard InChI is InChI=1S/C7H16ClNO2S/c1-4-7(3,6-8)9-12(10,11)5-2/h9H,4-6H2,1-3H3. The molecule has 0 aromatic rings. The molecule has 0 radical (unpaired) electrons. The molecule has 0 saturated heterocycles. The highest BCUT2D eigenvalue weighted by Gasteiger charge is 2.25. The molecule has 0 aliphatic rings. The highest BCUT2D eigenvalue weighted by atomic mass is 35.5. The molecule has 0 spiro atoms. The summed E-state index contributed by atoms with van der Waals surface area (Å²) in [5.41, 5.74) is -0.504. The van der Waals surface area contributed by atoms with Gasteiger partial charge in [-0.3, -0.25) is 0 Å². The fourth-order valence-electron chi connectivity index (χ4n) is 0.642. The minimum atomic E-state index is -3.14. The van der Waals surface area contributed by atoms with Gasteiger partial charge in [0.2, 0.25) is 10.0 Å². The molecule has 5 heteroatoms. The summed E-state index contributed by atoms with van der Waals surface area (Å²) in [7, 11) is -3.14. The predicted octanol–water partition coefficient (Wildman–Crippen LogP) is 1.33. The average Bonchev–Trinajstić information content (AvgIpc) is 2.04. The molecule has 0 aromatic heterocycles. The van der Waals surface area contributed by atoms with Gasteiger partial charge in [-0.1, -0.05) is 6.92 Å². The van der Waals surface area contributed by atoms with Crippen LogP contribution in [0.4, 0.5) is 0 Å². The first kappa shape index (κ1) is 12.2. The van der Waals surface area contributed by atoms with Crippen molar-refractivity contribution in [1.29, 1.82) is 0 Å². The first-order valence-electron chi connectivity index (χ1n) is 3.96. The van der Waals surface area contributed by atoms with E-state index in [4.69, 9.17) is 11.6 Å². The highest BCUT2D eigenvalue weighted by Crippen LogP contribution is 2.12. The molecule has 0 amide bonds. The monoisotopic (exact) mass is 213 g/mol. The van der Waals surface area contributed by atoms with Crippen LogP contribution in [-0.4, -0.2) is 25.6 Å². The summed E-state index contributed by atoms with van der Waals surface area (Å²) in [6.07, 6.45) is 0.690. The third kappa shape index (κ3) is 3.74. The lowest BCUT2D eigenvalue weighted by atomic mass is 10.0. The third-order valence-electron chi connectivity index (χ3n) is 1.86. The van der Waals surface area contributed by atoms with E-state index >= 15 is 0 Å². The van der Waals surface area contributed by atoms with E-state index in [1.165, 1.54) is 0 Å². The lowest BCUT2D eigenvalue weighted by Gasteiger charge is -2.26. The maximum atomic E-state index is 11.2. The molecule has 0 aromatic carbocycles. The normalized spacial score (nSPS) is 17.3. The van der Waals surface area contributed by atoms with Crippen LogP contribution in [-0.2, 0) is 10.0 Å². The van der Waals surface area contributed by atoms with Gasteiger partial charge in [-0.2, -0.15) is 0 Å². The quantitative estimate of drug-likeness (QED) is 0.701. The van der Waals surface area contributed by atoms with Gasteiger partial charge in [0.15, 0.2) is 0 Å². The number of hydrogen-bond donors (Lipinski definition) is 1. The lowest BCUT2D eigenvalue weighted by Crippen LogP contribution is -2.47. The third-order valence-corrected chi connectivity index (χ3v) is 4.01. The molecule has 0 fully saturated rings. The fourth-order valence-corrected chi connectivity index (χ4v) is 2.09. The van der Waals surface area contributed by atoms with E-state index < -0.39 is 15.6 Å². The lowest BCUT2D eigenvalue weighted by molar-refractivity contribution is 0.445. The van der Waals surface area contributed by atoms with E-state index in [0.717, 1.165) is 0 Å². The van der Waals surface area contributed by atoms with Crippen LogP contribution in [0.5, 0.6) is 0 Å². The van der Waals surface area contributed by atoms with Crippen LogP contribution in [0.2, 0.25) is 0 Å². The minimum Gasteiger partial charge on any atom is -0.212 e. The number of halogens is 1. The Bertz CT molecular complexity index is 222. The van der Waals surface area contributed by atoms with Crippen molar-refractivity contribution < 1.29 is 8.42 Å². The SMILES string of the molecule is CCC(C)(CCl)NS(=O)(=O)CC. The van der Waals surface area contributed by atoms with Crippen LogP contribution >= 0.6 is 11.6 Å². The summed E-state index contributed by atoms with van der Waals surface area (Å²) in [5.74, 6) is 0.391. The molecule has 0 rings (SSSR count). The Labute approximate surface area is 79.5 Å². The van der Waals surface area contributed by atoms with Crippen LogP contribution in [0.3, 0.4) is 0 Å². The van der Waals surface area contributed by atoms with Crippen molar-refractivity contribution in [3.8, 4) is 0 Å². The number of sulfonamides is 1. The Morgan fingerprint density at radius 1 is 1.42 bits per heavy atom. The van der Waals surface area contributed by atoms with E-state index in [1.54, 1.807) is 13.8 Å². The average molecular weight is 214 g/mol. The fraction of sp³-hybridized carbons (Fsp3) is 1.00. The van der Waals surface area contributed by atoms with E-state index in [9.17, 15) is 8.42 Å². The first-order chi connectivity index (χ1) is 5.39. The van der Waals surface area contributed by atoms with Crippen molar-refractivity contribution in [3.63, 3.8) is 0 Å². The van der Waals surface area contributed by atoms with Crippen molar-refractivity contribution in [2.45, 2.75) is 32.7 Å². The molecule has 0 heterocycles. The summed E-state index contributed by atoms with van der Waals surface area (Å²) in [6, 6.07) is 0. The smallest absolute Gasteiger partial charge is 0.211 e. The Morgan fingerprint density at radius 2 is 1.92 bits per heavy atom. The second-order valence-electron chi connectivity index (χ2n) is 3.05. The molecular weight excluding hydrogens is 198 g/mol. The van der Waals surface area contributed by atoms with Gasteiger partial charge < -0.3 is 0 Å². The van der Waals surface area contributed by atoms with Gasteiger partial charge in [0, 0.05) is 11.4 Å². The molecule has 0 saturated carbocycles. The van der Waals surface area contributed by atoms with E-state index in [2.05, 4.69) is 4.72 Å². The van der Waals surface area contributed by atoms with Crippen molar-refractivity contribution in [2.24, 2.45) is 0 Å². The Balaban J connectivity index is 4.42. The van der Waals surface area contributed by atoms with Crippen molar-refractivity contribution in [2.75, 3.05) is 11.6 Å². The van der Waals surface area contributed by atoms with Gasteiger partial charge >= 0.3 is 0 Å². The van der Waals surface area contributed by atoms with Crippen LogP contribution in [0, 0.1) is 0 Å². The summed E-state index contributed by atoms with van der Waals surface area (Å²) >= 11 is 5.64. The highest BCUT2D eigenvalue weighted by molar-refractivity contribution is 7.89. The number of hydrogen-bond acceptors (Lipinski definition) is 2. The molecule has 1 unspecified atom stereocenters. The zero-order valence-electron chi connectivity index (χ0n) is 7.72. The number of nitrogens with one attached hydrogen (secondary N) is 1. The molecule has 1 atom stereocenters. The zero-order chi connectivity index (χ0) is 9.83. The van der Waals surface area contributed by atoms with Crippen LogP contribution in [0.15, 0.2) is 0 Å². The Morgan fingerprint density at radius 3 is 2.17 bits per heavy atom. The van der Waals surface area contributed by atoms with Gasteiger partial charge in [0.05, 0.1) is 5.75 Å². The molecular formula is C7H16ClNO2S. The van der Waals surface area contributed by atoms with E-state index in [-0.39, 0.29) is 5.75 Å². The predicted molar refractivity (Wildman–Crippen MR) is 52.0 cm³/mol. The summed E-state index contributed by atoms with van der Waals surface area (Å²) in [6.45, 7) is 5.31. The van der Waals surface area contributed by atoms with Gasteiger partial charge in [0.25, 0.3) is 0 Å². The summed E-state index contributed by atoms with van der Waals surface area (Å²) in [4.78, 5) is 0. The Hall–Kier alpha value is 0.200. The number of alkyl halides is 1. The topological polar surface area (TPSA) is 46.2 Å². The molecule has 3 nitrogen and oxygen atoms in total. The second kappa shape index (κ2) is 4.44. The van der Waals surface area contributed by atoms with E-state index in [0.29, 0.717) is 12.3 Å². The first-order valence-corrected chi connectivity index (χ1v) is 6.15. The summed E-state index contributed by atoms with van der Waals surface area (Å²) in [5, 5.41) is 0. The molecule has 1 N–H and O–H groups in total. The molecule has 12 heavy (non-hydrogen) atoms. The van der Waals surface area contributed by atoms with Gasteiger partial charge in [-0.15, -0.1) is 11.6 Å². The maximum Gasteiger partial charge on any atom is 0.211 e. The molecule has 74 valence electrons. The van der Waals surface area contributed by atoms with Crippen molar-refractivity contribution >= 4 is 21.6 Å². The summed E-state index contributed by atoms with van der Waals surface area (Å²) < 4.78 is 24.9. The van der Waals surface area contributed by atoms with Gasteiger partial charge in [-0.05, 0) is 20.3 Å².